The van der Waals surface area contributed by atoms with Crippen LogP contribution in [0.3, 0.4) is 0 Å². The van der Waals surface area contributed by atoms with E-state index in [1.807, 2.05) is 35.2 Å². The molecule has 2 fully saturated rings. The zero-order valence-corrected chi connectivity index (χ0v) is 17.5. The van der Waals surface area contributed by atoms with Crippen molar-refractivity contribution in [2.75, 3.05) is 43.9 Å². The molecular formula is C23H30N4O3. The van der Waals surface area contributed by atoms with Gasteiger partial charge in [-0.1, -0.05) is 0 Å². The van der Waals surface area contributed by atoms with Crippen molar-refractivity contribution < 1.29 is 14.3 Å². The van der Waals surface area contributed by atoms with Crippen LogP contribution in [0.15, 0.2) is 36.5 Å². The van der Waals surface area contributed by atoms with Crippen LogP contribution in [0.5, 0.6) is 11.5 Å². The van der Waals surface area contributed by atoms with Crippen molar-refractivity contribution in [1.82, 2.24) is 9.88 Å². The Kier molecular flexibility index (Phi) is 6.26. The summed E-state index contributed by atoms with van der Waals surface area (Å²) in [6.07, 6.45) is 6.96. The average molecular weight is 411 g/mol. The third-order valence-corrected chi connectivity index (χ3v) is 5.89. The lowest BCUT2D eigenvalue weighted by Crippen LogP contribution is -2.38. The van der Waals surface area contributed by atoms with Gasteiger partial charge in [-0.2, -0.15) is 0 Å². The Labute approximate surface area is 177 Å². The number of ether oxygens (including phenoxy) is 2. The molecule has 0 unspecified atom stereocenters. The van der Waals surface area contributed by atoms with E-state index in [-0.39, 0.29) is 12.0 Å². The summed E-state index contributed by atoms with van der Waals surface area (Å²) in [6, 6.07) is 9.39. The predicted octanol–water partition coefficient (Wildman–Crippen LogP) is 3.35. The number of rotatable bonds is 5. The SMILES string of the molecule is COc1cc(OC2CCN(c3ccc(N)cn3)CC2)ccc1C(=O)N1CCCCC1. The van der Waals surface area contributed by atoms with Crippen molar-refractivity contribution in [3.05, 3.63) is 42.1 Å². The molecule has 30 heavy (non-hydrogen) atoms. The molecule has 7 heteroatoms. The number of likely N-dealkylation sites (tertiary alicyclic amines) is 1. The van der Waals surface area contributed by atoms with Crippen LogP contribution in [0.2, 0.25) is 0 Å². The number of carbonyl (C=O) groups is 1. The van der Waals surface area contributed by atoms with Crippen LogP contribution < -0.4 is 20.1 Å². The fourth-order valence-corrected chi connectivity index (χ4v) is 4.17. The van der Waals surface area contributed by atoms with Crippen molar-refractivity contribution in [3.63, 3.8) is 0 Å². The molecule has 3 heterocycles. The Morgan fingerprint density at radius 3 is 2.50 bits per heavy atom. The number of piperidine rings is 2. The maximum absolute atomic E-state index is 12.9. The summed E-state index contributed by atoms with van der Waals surface area (Å²) in [5, 5.41) is 0. The minimum Gasteiger partial charge on any atom is -0.496 e. The first kappa shape index (κ1) is 20.3. The number of hydrogen-bond acceptors (Lipinski definition) is 6. The van der Waals surface area contributed by atoms with Gasteiger partial charge < -0.3 is 25.0 Å². The molecule has 1 aromatic carbocycles. The number of nitrogens with two attached hydrogens (primary N) is 1. The summed E-state index contributed by atoms with van der Waals surface area (Å²) in [6.45, 7) is 3.40. The molecule has 2 aromatic rings. The van der Waals surface area contributed by atoms with Crippen molar-refractivity contribution in [2.24, 2.45) is 0 Å². The number of methoxy groups -OCH3 is 1. The van der Waals surface area contributed by atoms with E-state index in [4.69, 9.17) is 15.2 Å². The van der Waals surface area contributed by atoms with E-state index in [9.17, 15) is 4.79 Å². The van der Waals surface area contributed by atoms with E-state index < -0.39 is 0 Å². The quantitative estimate of drug-likeness (QED) is 0.814. The van der Waals surface area contributed by atoms with Crippen LogP contribution in [0.4, 0.5) is 11.5 Å². The molecule has 2 N–H and O–H groups in total. The van der Waals surface area contributed by atoms with E-state index in [1.165, 1.54) is 6.42 Å². The first-order valence-electron chi connectivity index (χ1n) is 10.7. The van der Waals surface area contributed by atoms with Gasteiger partial charge in [0.2, 0.25) is 0 Å². The van der Waals surface area contributed by atoms with E-state index in [0.717, 1.165) is 63.4 Å². The molecule has 160 valence electrons. The molecular weight excluding hydrogens is 380 g/mol. The van der Waals surface area contributed by atoms with Gasteiger partial charge in [0.05, 0.1) is 24.6 Å². The fraction of sp³-hybridized carbons (Fsp3) is 0.478. The lowest BCUT2D eigenvalue weighted by Gasteiger charge is -2.33. The molecule has 2 aliphatic heterocycles. The normalized spacial score (nSPS) is 17.6. The number of carbonyl (C=O) groups excluding carboxylic acids is 1. The van der Waals surface area contributed by atoms with Gasteiger partial charge in [-0.25, -0.2) is 4.98 Å². The van der Waals surface area contributed by atoms with Gasteiger partial charge in [0.1, 0.15) is 23.4 Å². The Bertz CT molecular complexity index is 857. The maximum atomic E-state index is 12.9. The highest BCUT2D eigenvalue weighted by molar-refractivity contribution is 5.97. The molecule has 1 amide bonds. The Hall–Kier alpha value is -2.96. The summed E-state index contributed by atoms with van der Waals surface area (Å²) < 4.78 is 11.7. The van der Waals surface area contributed by atoms with E-state index in [0.29, 0.717) is 17.0 Å². The number of aromatic nitrogens is 1. The largest absolute Gasteiger partial charge is 0.496 e. The van der Waals surface area contributed by atoms with Crippen LogP contribution in [0.25, 0.3) is 0 Å². The highest BCUT2D eigenvalue weighted by Crippen LogP contribution is 2.29. The summed E-state index contributed by atoms with van der Waals surface area (Å²) in [7, 11) is 1.60. The topological polar surface area (TPSA) is 80.9 Å². The standard InChI is InChI=1S/C23H30N4O3/c1-29-21-15-19(6-7-20(21)23(28)27-11-3-2-4-12-27)30-18-9-13-26(14-10-18)22-8-5-17(24)16-25-22/h5-8,15-16,18H,2-4,9-14,24H2,1H3. The molecule has 0 bridgehead atoms. The lowest BCUT2D eigenvalue weighted by atomic mass is 10.1. The number of benzene rings is 1. The second kappa shape index (κ2) is 9.24. The van der Waals surface area contributed by atoms with Crippen LogP contribution in [0, 0.1) is 0 Å². The van der Waals surface area contributed by atoms with Gasteiger partial charge in [-0.3, -0.25) is 4.79 Å². The van der Waals surface area contributed by atoms with Gasteiger partial charge in [0, 0.05) is 45.1 Å². The number of hydrogen-bond donors (Lipinski definition) is 1. The van der Waals surface area contributed by atoms with Gasteiger partial charge in [0.25, 0.3) is 5.91 Å². The third kappa shape index (κ3) is 4.61. The van der Waals surface area contributed by atoms with Gasteiger partial charge in [-0.05, 0) is 43.5 Å². The molecule has 0 aliphatic carbocycles. The number of nitrogens with zero attached hydrogens (tertiary/aromatic N) is 3. The Balaban J connectivity index is 1.37. The van der Waals surface area contributed by atoms with Crippen molar-refractivity contribution in [1.29, 1.82) is 0 Å². The highest BCUT2D eigenvalue weighted by atomic mass is 16.5. The van der Waals surface area contributed by atoms with Crippen LogP contribution in [0.1, 0.15) is 42.5 Å². The lowest BCUT2D eigenvalue weighted by molar-refractivity contribution is 0.0721. The van der Waals surface area contributed by atoms with E-state index in [2.05, 4.69) is 9.88 Å². The van der Waals surface area contributed by atoms with Gasteiger partial charge in [0.15, 0.2) is 0 Å². The molecule has 0 spiro atoms. The second-order valence-corrected chi connectivity index (χ2v) is 7.97. The number of anilines is 2. The Morgan fingerprint density at radius 2 is 1.83 bits per heavy atom. The summed E-state index contributed by atoms with van der Waals surface area (Å²) in [5.41, 5.74) is 7.01. The zero-order valence-electron chi connectivity index (χ0n) is 17.5. The van der Waals surface area contributed by atoms with E-state index in [1.54, 1.807) is 13.3 Å². The average Bonchev–Trinajstić information content (AvgIpc) is 2.80. The second-order valence-electron chi connectivity index (χ2n) is 7.97. The maximum Gasteiger partial charge on any atom is 0.257 e. The predicted molar refractivity (Wildman–Crippen MR) is 117 cm³/mol. The minimum atomic E-state index is 0.0439. The van der Waals surface area contributed by atoms with Crippen LogP contribution in [-0.2, 0) is 0 Å². The third-order valence-electron chi connectivity index (χ3n) is 5.89. The molecule has 4 rings (SSSR count). The van der Waals surface area contributed by atoms with Crippen molar-refractivity contribution in [2.45, 2.75) is 38.2 Å². The smallest absolute Gasteiger partial charge is 0.257 e. The van der Waals surface area contributed by atoms with Crippen LogP contribution in [-0.4, -0.2) is 55.2 Å². The van der Waals surface area contributed by atoms with E-state index >= 15 is 0 Å². The van der Waals surface area contributed by atoms with Crippen molar-refractivity contribution >= 4 is 17.4 Å². The van der Waals surface area contributed by atoms with Crippen LogP contribution >= 0.6 is 0 Å². The fourth-order valence-electron chi connectivity index (χ4n) is 4.17. The highest BCUT2D eigenvalue weighted by Gasteiger charge is 2.24. The molecule has 0 saturated carbocycles. The molecule has 7 nitrogen and oxygen atoms in total. The summed E-state index contributed by atoms with van der Waals surface area (Å²) in [5.74, 6) is 2.31. The first-order chi connectivity index (χ1) is 14.6. The number of pyridine rings is 1. The summed E-state index contributed by atoms with van der Waals surface area (Å²) in [4.78, 5) is 21.4. The molecule has 1 aromatic heterocycles. The van der Waals surface area contributed by atoms with Gasteiger partial charge in [-0.15, -0.1) is 0 Å². The first-order valence-corrected chi connectivity index (χ1v) is 10.7. The molecule has 0 atom stereocenters. The van der Waals surface area contributed by atoms with Gasteiger partial charge >= 0.3 is 0 Å². The molecule has 2 saturated heterocycles. The Morgan fingerprint density at radius 1 is 1.07 bits per heavy atom. The summed E-state index contributed by atoms with van der Waals surface area (Å²) >= 11 is 0. The number of nitrogen functional groups attached to an aromatic ring is 1. The number of amides is 1. The zero-order chi connectivity index (χ0) is 20.9. The minimum absolute atomic E-state index is 0.0439. The van der Waals surface area contributed by atoms with Crippen molar-refractivity contribution in [3.8, 4) is 11.5 Å². The molecule has 2 aliphatic rings. The monoisotopic (exact) mass is 410 g/mol. The molecule has 0 radical (unpaired) electrons.